The Balaban J connectivity index is 2.28. The van der Waals surface area contributed by atoms with E-state index in [1.165, 1.54) is 19.3 Å². The lowest BCUT2D eigenvalue weighted by Gasteiger charge is -2.36. The van der Waals surface area contributed by atoms with Gasteiger partial charge in [0.15, 0.2) is 0 Å². The van der Waals surface area contributed by atoms with Gasteiger partial charge in [0.05, 0.1) is 0 Å². The summed E-state index contributed by atoms with van der Waals surface area (Å²) in [6, 6.07) is 3.72. The highest BCUT2D eigenvalue weighted by atomic mass is 16.3. The number of aryl methyl sites for hydroxylation is 1. The smallest absolute Gasteiger partial charge is 0.123 e. The van der Waals surface area contributed by atoms with Gasteiger partial charge in [-0.2, -0.15) is 0 Å². The molecule has 0 spiro atoms. The van der Waals surface area contributed by atoms with Crippen molar-refractivity contribution in [1.29, 1.82) is 0 Å². The Hall–Kier alpha value is -1.44. The molecule has 0 aliphatic heterocycles. The number of unbranched alkanes of at least 4 members (excludes halogenated alkanes) is 2. The number of hydrogen-bond acceptors (Lipinski definition) is 2. The lowest BCUT2D eigenvalue weighted by molar-refractivity contribution is 0.267. The molecule has 2 heteroatoms. The van der Waals surface area contributed by atoms with Crippen molar-refractivity contribution < 1.29 is 10.2 Å². The predicted octanol–water partition coefficient (Wildman–Crippen LogP) is 5.93. The number of phenolic OH excluding ortho intramolecular Hbond substituents is 2. The fourth-order valence-corrected chi connectivity index (χ4v) is 4.07. The maximum atomic E-state index is 10.6. The molecule has 23 heavy (non-hydrogen) atoms. The van der Waals surface area contributed by atoms with Crippen LogP contribution in [0.25, 0.3) is 0 Å². The van der Waals surface area contributed by atoms with Crippen molar-refractivity contribution in [3.63, 3.8) is 0 Å². The third-order valence-electron chi connectivity index (χ3n) is 5.38. The number of allylic oxidation sites excluding steroid dienone is 1. The second-order valence-electron chi connectivity index (χ2n) is 7.48. The van der Waals surface area contributed by atoms with Gasteiger partial charge >= 0.3 is 0 Å². The molecule has 1 aliphatic carbocycles. The zero-order valence-corrected chi connectivity index (χ0v) is 14.9. The summed E-state index contributed by atoms with van der Waals surface area (Å²) >= 11 is 0. The first kappa shape index (κ1) is 17.9. The highest BCUT2D eigenvalue weighted by Gasteiger charge is 2.33. The highest BCUT2D eigenvalue weighted by Crippen LogP contribution is 2.49. The summed E-state index contributed by atoms with van der Waals surface area (Å²) in [6.45, 7) is 10.7. The number of hydrogen-bond donors (Lipinski definition) is 2. The summed E-state index contributed by atoms with van der Waals surface area (Å²) in [7, 11) is 0. The van der Waals surface area contributed by atoms with Crippen molar-refractivity contribution in [2.45, 2.75) is 71.6 Å². The van der Waals surface area contributed by atoms with E-state index in [1.54, 1.807) is 0 Å². The summed E-state index contributed by atoms with van der Waals surface area (Å²) < 4.78 is 0. The Morgan fingerprint density at radius 3 is 2.39 bits per heavy atom. The fraction of sp³-hybridized carbons (Fsp3) is 0.619. The molecule has 3 atom stereocenters. The Bertz CT molecular complexity index is 524. The average molecular weight is 316 g/mol. The van der Waals surface area contributed by atoms with Crippen LogP contribution in [0.4, 0.5) is 0 Å². The highest BCUT2D eigenvalue weighted by molar-refractivity contribution is 5.49. The van der Waals surface area contributed by atoms with Crippen LogP contribution in [-0.2, 0) is 6.42 Å². The van der Waals surface area contributed by atoms with Gasteiger partial charge in [0.2, 0.25) is 0 Å². The normalized spacial score (nSPS) is 24.6. The van der Waals surface area contributed by atoms with Gasteiger partial charge in [0, 0.05) is 5.56 Å². The van der Waals surface area contributed by atoms with E-state index in [9.17, 15) is 10.2 Å². The summed E-state index contributed by atoms with van der Waals surface area (Å²) in [6.07, 6.45) is 7.68. The zero-order chi connectivity index (χ0) is 17.0. The minimum absolute atomic E-state index is 0.181. The van der Waals surface area contributed by atoms with E-state index >= 15 is 0 Å². The van der Waals surface area contributed by atoms with Crippen molar-refractivity contribution in [2.75, 3.05) is 0 Å². The predicted molar refractivity (Wildman–Crippen MR) is 97.1 cm³/mol. The molecule has 0 bridgehead atoms. The first-order valence-corrected chi connectivity index (χ1v) is 9.14. The Labute approximate surface area is 141 Å². The van der Waals surface area contributed by atoms with Crippen molar-refractivity contribution in [1.82, 2.24) is 0 Å². The molecule has 2 N–H and O–H groups in total. The fourth-order valence-electron chi connectivity index (χ4n) is 4.07. The van der Waals surface area contributed by atoms with E-state index in [-0.39, 0.29) is 17.4 Å². The third-order valence-corrected chi connectivity index (χ3v) is 5.38. The molecule has 0 unspecified atom stereocenters. The van der Waals surface area contributed by atoms with E-state index in [1.807, 2.05) is 12.1 Å². The molecular formula is C21H32O2. The molecule has 1 aromatic carbocycles. The van der Waals surface area contributed by atoms with Gasteiger partial charge in [-0.1, -0.05) is 45.3 Å². The Morgan fingerprint density at radius 2 is 1.83 bits per heavy atom. The molecule has 1 saturated carbocycles. The minimum Gasteiger partial charge on any atom is -0.508 e. The van der Waals surface area contributed by atoms with Gasteiger partial charge in [-0.15, -0.1) is 0 Å². The van der Waals surface area contributed by atoms with Crippen LogP contribution in [0.15, 0.2) is 24.3 Å². The SMILES string of the molecule is C=C(C)[C@@H]1CC[C@H](C)C[C@@H]1c1c(O)cc(CCCCC)cc1O. The lowest BCUT2D eigenvalue weighted by atomic mass is 9.69. The number of aromatic hydroxyl groups is 2. The summed E-state index contributed by atoms with van der Waals surface area (Å²) in [5.74, 6) is 1.69. The summed E-state index contributed by atoms with van der Waals surface area (Å²) in [5, 5.41) is 21.2. The maximum Gasteiger partial charge on any atom is 0.123 e. The maximum absolute atomic E-state index is 10.6. The number of rotatable bonds is 6. The average Bonchev–Trinajstić information content (AvgIpc) is 2.46. The quantitative estimate of drug-likeness (QED) is 0.504. The molecule has 0 aromatic heterocycles. The van der Waals surface area contributed by atoms with E-state index < -0.39 is 0 Å². The van der Waals surface area contributed by atoms with Crippen LogP contribution in [0.1, 0.15) is 76.3 Å². The third kappa shape index (κ3) is 4.31. The Kier molecular flexibility index (Phi) is 6.15. The van der Waals surface area contributed by atoms with Crippen molar-refractivity contribution in [2.24, 2.45) is 11.8 Å². The van der Waals surface area contributed by atoms with E-state index in [0.29, 0.717) is 11.8 Å². The van der Waals surface area contributed by atoms with Crippen LogP contribution in [-0.4, -0.2) is 10.2 Å². The summed E-state index contributed by atoms with van der Waals surface area (Å²) in [5.41, 5.74) is 2.93. The number of benzene rings is 1. The molecule has 0 saturated heterocycles. The first-order chi connectivity index (χ1) is 10.9. The molecule has 0 radical (unpaired) electrons. The van der Waals surface area contributed by atoms with Gasteiger partial charge in [0.1, 0.15) is 11.5 Å². The minimum atomic E-state index is 0.181. The molecule has 128 valence electrons. The van der Waals surface area contributed by atoms with Gasteiger partial charge in [-0.3, -0.25) is 0 Å². The van der Waals surface area contributed by atoms with Crippen LogP contribution in [0.2, 0.25) is 0 Å². The Morgan fingerprint density at radius 1 is 1.17 bits per heavy atom. The standard InChI is InChI=1S/C21H32O2/c1-5-6-7-8-16-12-19(22)21(20(23)13-16)18-11-15(4)9-10-17(18)14(2)3/h12-13,15,17-18,22-23H,2,5-11H2,1,3-4H3/t15-,17-,18-/m0/s1. The number of phenols is 2. The second kappa shape index (κ2) is 7.90. The molecule has 0 amide bonds. The summed E-state index contributed by atoms with van der Waals surface area (Å²) in [4.78, 5) is 0. The second-order valence-corrected chi connectivity index (χ2v) is 7.48. The van der Waals surface area contributed by atoms with E-state index in [2.05, 4.69) is 27.4 Å². The van der Waals surface area contributed by atoms with Crippen LogP contribution in [0.3, 0.4) is 0 Å². The van der Waals surface area contributed by atoms with Crippen molar-refractivity contribution >= 4 is 0 Å². The van der Waals surface area contributed by atoms with Crippen LogP contribution < -0.4 is 0 Å². The van der Waals surface area contributed by atoms with Crippen molar-refractivity contribution in [3.8, 4) is 11.5 Å². The molecular weight excluding hydrogens is 284 g/mol. The molecule has 1 fully saturated rings. The molecule has 2 nitrogen and oxygen atoms in total. The van der Waals surface area contributed by atoms with Gasteiger partial charge in [0.25, 0.3) is 0 Å². The van der Waals surface area contributed by atoms with E-state index in [0.717, 1.165) is 42.4 Å². The van der Waals surface area contributed by atoms with Crippen LogP contribution in [0, 0.1) is 11.8 Å². The van der Waals surface area contributed by atoms with Gasteiger partial charge in [-0.25, -0.2) is 0 Å². The lowest BCUT2D eigenvalue weighted by Crippen LogP contribution is -2.23. The van der Waals surface area contributed by atoms with Crippen molar-refractivity contribution in [3.05, 3.63) is 35.4 Å². The first-order valence-electron chi connectivity index (χ1n) is 9.14. The van der Waals surface area contributed by atoms with Crippen LogP contribution in [0.5, 0.6) is 11.5 Å². The van der Waals surface area contributed by atoms with Gasteiger partial charge in [-0.05, 0) is 68.1 Å². The molecule has 1 aromatic rings. The monoisotopic (exact) mass is 316 g/mol. The zero-order valence-electron chi connectivity index (χ0n) is 14.9. The topological polar surface area (TPSA) is 40.5 Å². The van der Waals surface area contributed by atoms with Gasteiger partial charge < -0.3 is 10.2 Å². The molecule has 1 aliphatic rings. The molecule has 0 heterocycles. The molecule has 2 rings (SSSR count). The van der Waals surface area contributed by atoms with E-state index in [4.69, 9.17) is 0 Å². The van der Waals surface area contributed by atoms with Crippen LogP contribution >= 0.6 is 0 Å². The largest absolute Gasteiger partial charge is 0.508 e.